The molecule has 0 aliphatic heterocycles. The number of hydrogen-bond acceptors (Lipinski definition) is 8. The fourth-order valence-corrected chi connectivity index (χ4v) is 3.09. The molecule has 0 aromatic heterocycles. The van der Waals surface area contributed by atoms with Crippen molar-refractivity contribution in [3.05, 3.63) is 35.4 Å². The van der Waals surface area contributed by atoms with E-state index in [2.05, 4.69) is 13.8 Å². The fourth-order valence-electron chi connectivity index (χ4n) is 3.09. The minimum absolute atomic E-state index is 0. The molecule has 8 nitrogen and oxygen atoms in total. The summed E-state index contributed by atoms with van der Waals surface area (Å²) in [6, 6.07) is 6.74. The molecule has 0 aliphatic carbocycles. The van der Waals surface area contributed by atoms with Crippen molar-refractivity contribution in [2.24, 2.45) is 0 Å². The maximum absolute atomic E-state index is 12.4. The van der Waals surface area contributed by atoms with Crippen LogP contribution in [0.1, 0.15) is 112 Å². The molecule has 1 rings (SSSR count). The predicted octanol–water partition coefficient (Wildman–Crippen LogP) is -0.609. The van der Waals surface area contributed by atoms with Crippen molar-refractivity contribution in [1.82, 2.24) is 0 Å². The van der Waals surface area contributed by atoms with Crippen LogP contribution in [0.3, 0.4) is 0 Å². The molecule has 0 atom stereocenters. The van der Waals surface area contributed by atoms with E-state index in [-0.39, 0.29) is 59.1 Å². The fraction of sp³-hybridized carbons (Fsp3) is 0.667. The molecule has 0 amide bonds. The van der Waals surface area contributed by atoms with Crippen LogP contribution in [0.15, 0.2) is 24.3 Å². The van der Waals surface area contributed by atoms with Gasteiger partial charge in [-0.2, -0.15) is 0 Å². The normalized spacial score (nSPS) is 10.2. The molecule has 0 heterocycles. The van der Waals surface area contributed by atoms with E-state index >= 15 is 0 Å². The minimum atomic E-state index is -5.17. The van der Waals surface area contributed by atoms with Crippen LogP contribution in [0.25, 0.3) is 0 Å². The third-order valence-electron chi connectivity index (χ3n) is 4.83. The van der Waals surface area contributed by atoms with E-state index in [9.17, 15) is 9.59 Å². The number of rotatable bonds is 16. The summed E-state index contributed by atoms with van der Waals surface area (Å²) in [5.74, 6) is -0.888. The second kappa shape index (κ2) is 25.7. The number of benzene rings is 1. The standard InChI is InChI=1S/C24H38O4.2Na.H2O4S/c1-3-5-7-9-11-15-19-27-23(25)21-17-13-14-18-22(21)24(26)28-20-16-12-10-8-6-4-2;;;1-5(2,3)4/h13-14,17-18H,3-12,15-16,19-20H2,1-2H3;;;(H2,1,2,3,4)/q;2*+1;/p-2. The zero-order valence-electron chi connectivity index (χ0n) is 21.9. The molecule has 0 aliphatic rings. The summed E-state index contributed by atoms with van der Waals surface area (Å²) >= 11 is 0. The van der Waals surface area contributed by atoms with Crippen molar-refractivity contribution in [2.45, 2.75) is 90.9 Å². The van der Waals surface area contributed by atoms with Crippen molar-refractivity contribution in [3.8, 4) is 0 Å². The first-order chi connectivity index (χ1) is 15.7. The monoisotopic (exact) mass is 532 g/mol. The predicted molar refractivity (Wildman–Crippen MR) is 124 cm³/mol. The van der Waals surface area contributed by atoms with Gasteiger partial charge in [-0.05, 0) is 25.0 Å². The Bertz CT molecular complexity index is 716. The van der Waals surface area contributed by atoms with Crippen LogP contribution in [0.5, 0.6) is 0 Å². The van der Waals surface area contributed by atoms with Gasteiger partial charge in [0, 0.05) is 10.4 Å². The van der Waals surface area contributed by atoms with Gasteiger partial charge in [-0.3, -0.25) is 8.42 Å². The Balaban J connectivity index is -0.00000132. The summed E-state index contributed by atoms with van der Waals surface area (Å²) in [5.41, 5.74) is 0.586. The molecule has 0 radical (unpaired) electrons. The third-order valence-corrected chi connectivity index (χ3v) is 4.83. The van der Waals surface area contributed by atoms with Gasteiger partial charge in [-0.1, -0.05) is 90.2 Å². The number of carbonyl (C=O) groups is 2. The Morgan fingerprint density at radius 1 is 0.657 bits per heavy atom. The third kappa shape index (κ3) is 25.5. The van der Waals surface area contributed by atoms with E-state index in [4.69, 9.17) is 27.0 Å². The van der Waals surface area contributed by atoms with Crippen molar-refractivity contribution in [3.63, 3.8) is 0 Å². The van der Waals surface area contributed by atoms with Crippen LogP contribution in [0.2, 0.25) is 0 Å². The Kier molecular flexibility index (Phi) is 29.0. The van der Waals surface area contributed by atoms with E-state index in [1.54, 1.807) is 24.3 Å². The zero-order valence-corrected chi connectivity index (χ0v) is 26.7. The van der Waals surface area contributed by atoms with Crippen molar-refractivity contribution < 1.29 is 95.7 Å². The van der Waals surface area contributed by atoms with Crippen LogP contribution in [0.4, 0.5) is 0 Å². The minimum Gasteiger partial charge on any atom is -0.759 e. The van der Waals surface area contributed by atoms with Crippen molar-refractivity contribution in [1.29, 1.82) is 0 Å². The summed E-state index contributed by atoms with van der Waals surface area (Å²) in [4.78, 5) is 24.7. The first-order valence-corrected chi connectivity index (χ1v) is 13.1. The summed E-state index contributed by atoms with van der Waals surface area (Å²) in [6.45, 7) is 5.17. The largest absolute Gasteiger partial charge is 1.00 e. The second-order valence-corrected chi connectivity index (χ2v) is 8.58. The maximum Gasteiger partial charge on any atom is 1.00 e. The maximum atomic E-state index is 12.4. The first-order valence-electron chi connectivity index (χ1n) is 11.8. The van der Waals surface area contributed by atoms with E-state index in [0.717, 1.165) is 25.7 Å². The summed E-state index contributed by atoms with van der Waals surface area (Å²) < 4.78 is 44.8. The van der Waals surface area contributed by atoms with Gasteiger partial charge in [0.15, 0.2) is 0 Å². The molecular weight excluding hydrogens is 494 g/mol. The summed E-state index contributed by atoms with van der Waals surface area (Å²) in [6.07, 6.45) is 13.6. The SMILES string of the molecule is CCCCCCCCOC(=O)c1ccccc1C(=O)OCCCCCCCC.O=S(=O)([O-])[O-].[Na+].[Na+]. The Labute approximate surface area is 255 Å². The van der Waals surface area contributed by atoms with E-state index in [1.807, 2.05) is 0 Å². The van der Waals surface area contributed by atoms with Crippen LogP contribution in [-0.4, -0.2) is 42.7 Å². The Morgan fingerprint density at radius 2 is 0.943 bits per heavy atom. The summed E-state index contributed by atoms with van der Waals surface area (Å²) in [7, 11) is -5.17. The average molecular weight is 533 g/mol. The van der Waals surface area contributed by atoms with Gasteiger partial charge in [0.05, 0.1) is 24.3 Å². The van der Waals surface area contributed by atoms with E-state index in [1.165, 1.54) is 51.4 Å². The molecule has 0 fully saturated rings. The van der Waals surface area contributed by atoms with Crippen LogP contribution in [-0.2, 0) is 19.9 Å². The molecule has 0 bridgehead atoms. The molecule has 0 saturated carbocycles. The Morgan fingerprint density at radius 3 is 1.26 bits per heavy atom. The number of carbonyl (C=O) groups excluding carboxylic acids is 2. The van der Waals surface area contributed by atoms with Crippen molar-refractivity contribution in [2.75, 3.05) is 13.2 Å². The molecule has 0 saturated heterocycles. The smallest absolute Gasteiger partial charge is 0.759 e. The number of hydrogen-bond donors (Lipinski definition) is 0. The molecule has 35 heavy (non-hydrogen) atoms. The molecule has 1 aromatic carbocycles. The van der Waals surface area contributed by atoms with Gasteiger partial charge in [-0.15, -0.1) is 0 Å². The molecule has 1 aromatic rings. The molecule has 0 unspecified atom stereocenters. The Hall–Kier alpha value is 0.0300. The number of esters is 2. The van der Waals surface area contributed by atoms with E-state index < -0.39 is 22.3 Å². The van der Waals surface area contributed by atoms with Gasteiger partial charge in [0.2, 0.25) is 0 Å². The van der Waals surface area contributed by atoms with Gasteiger partial charge >= 0.3 is 71.1 Å². The van der Waals surface area contributed by atoms with Gasteiger partial charge in [0.25, 0.3) is 0 Å². The van der Waals surface area contributed by atoms with Gasteiger partial charge in [-0.25, -0.2) is 9.59 Å². The van der Waals surface area contributed by atoms with Crippen LogP contribution < -0.4 is 59.1 Å². The quantitative estimate of drug-likeness (QED) is 0.0906. The molecular formula is C24H38Na2O8S. The second-order valence-electron chi connectivity index (χ2n) is 7.76. The van der Waals surface area contributed by atoms with Gasteiger partial charge < -0.3 is 18.6 Å². The number of ether oxygens (including phenoxy) is 2. The number of unbranched alkanes of at least 4 members (excludes halogenated alkanes) is 10. The molecule has 11 heteroatoms. The topological polar surface area (TPSA) is 133 Å². The average Bonchev–Trinajstić information content (AvgIpc) is 2.76. The van der Waals surface area contributed by atoms with Gasteiger partial charge in [0.1, 0.15) is 0 Å². The summed E-state index contributed by atoms with van der Waals surface area (Å²) in [5, 5.41) is 0. The molecule has 0 N–H and O–H groups in total. The zero-order chi connectivity index (χ0) is 25.0. The van der Waals surface area contributed by atoms with Crippen molar-refractivity contribution >= 4 is 22.3 Å². The van der Waals surface area contributed by atoms with E-state index in [0.29, 0.717) is 24.3 Å². The van der Waals surface area contributed by atoms with Crippen LogP contribution >= 0.6 is 0 Å². The van der Waals surface area contributed by atoms with Crippen LogP contribution in [0, 0.1) is 0 Å². The molecule has 190 valence electrons. The molecule has 0 spiro atoms. The first kappa shape index (κ1) is 39.5.